The second kappa shape index (κ2) is 5.31. The molecule has 3 heteroatoms. The number of aromatic carboxylic acids is 1. The smallest absolute Gasteiger partial charge is 0.335 e. The number of carbonyl (C=O) groups is 1. The van der Waals surface area contributed by atoms with Crippen LogP contribution in [0.1, 0.15) is 10.4 Å². The van der Waals surface area contributed by atoms with Crippen LogP contribution in [0.4, 0.5) is 0 Å². The van der Waals surface area contributed by atoms with Crippen LogP contribution in [0, 0.1) is 0 Å². The molecule has 3 rings (SSSR count). The number of carboxylic acids is 1. The Morgan fingerprint density at radius 3 is 1.85 bits per heavy atom. The number of benzene rings is 2. The first kappa shape index (κ1) is 12.6. The van der Waals surface area contributed by atoms with Crippen molar-refractivity contribution in [2.75, 3.05) is 0 Å². The van der Waals surface area contributed by atoms with E-state index in [-0.39, 0.29) is 0 Å². The maximum atomic E-state index is 10.8. The summed E-state index contributed by atoms with van der Waals surface area (Å²) in [7, 11) is 0. The molecule has 3 aromatic rings. The predicted molar refractivity (Wildman–Crippen MR) is 82.2 cm³/mol. The summed E-state index contributed by atoms with van der Waals surface area (Å²) in [5, 5.41) is 11.0. The van der Waals surface area contributed by atoms with E-state index < -0.39 is 5.97 Å². The van der Waals surface area contributed by atoms with E-state index in [9.17, 15) is 4.79 Å². The molecular formula is C17H12O2S. The first-order chi connectivity index (χ1) is 9.74. The Labute approximate surface area is 121 Å². The number of rotatable bonds is 3. The minimum Gasteiger partial charge on any atom is -0.478 e. The topological polar surface area (TPSA) is 37.3 Å². The maximum absolute atomic E-state index is 10.8. The lowest BCUT2D eigenvalue weighted by Crippen LogP contribution is -1.94. The Hall–Kier alpha value is -2.39. The maximum Gasteiger partial charge on any atom is 0.335 e. The van der Waals surface area contributed by atoms with Crippen molar-refractivity contribution in [3.63, 3.8) is 0 Å². The number of carboxylic acid groups (broad SMARTS) is 1. The van der Waals surface area contributed by atoms with Gasteiger partial charge in [0, 0.05) is 4.88 Å². The highest BCUT2D eigenvalue weighted by molar-refractivity contribution is 7.13. The molecule has 0 aliphatic carbocycles. The normalized spacial score (nSPS) is 10.4. The number of hydrogen-bond acceptors (Lipinski definition) is 2. The summed E-state index contributed by atoms with van der Waals surface area (Å²) >= 11 is 1.72. The van der Waals surface area contributed by atoms with E-state index in [0.717, 1.165) is 11.1 Å². The molecule has 0 aliphatic rings. The van der Waals surface area contributed by atoms with E-state index in [1.165, 1.54) is 10.4 Å². The van der Waals surface area contributed by atoms with Gasteiger partial charge >= 0.3 is 5.97 Å². The first-order valence-corrected chi connectivity index (χ1v) is 7.10. The van der Waals surface area contributed by atoms with Crippen LogP contribution in [0.15, 0.2) is 66.0 Å². The zero-order valence-corrected chi connectivity index (χ0v) is 11.4. The van der Waals surface area contributed by atoms with Gasteiger partial charge in [0.15, 0.2) is 0 Å². The fourth-order valence-corrected chi connectivity index (χ4v) is 2.81. The van der Waals surface area contributed by atoms with Crippen molar-refractivity contribution in [2.45, 2.75) is 0 Å². The molecule has 0 atom stereocenters. The Balaban J connectivity index is 1.89. The van der Waals surface area contributed by atoms with Crippen molar-refractivity contribution in [3.8, 4) is 21.6 Å². The van der Waals surface area contributed by atoms with E-state index >= 15 is 0 Å². The fraction of sp³-hybridized carbons (Fsp3) is 0. The van der Waals surface area contributed by atoms with Crippen LogP contribution < -0.4 is 0 Å². The highest BCUT2D eigenvalue weighted by Gasteiger charge is 2.04. The minimum absolute atomic E-state index is 0.309. The fourth-order valence-electron chi connectivity index (χ4n) is 2.08. The molecule has 0 saturated heterocycles. The van der Waals surface area contributed by atoms with E-state index in [4.69, 9.17) is 5.11 Å². The van der Waals surface area contributed by atoms with Gasteiger partial charge in [-0.25, -0.2) is 4.79 Å². The molecule has 0 amide bonds. The molecule has 0 saturated carbocycles. The molecule has 0 spiro atoms. The van der Waals surface area contributed by atoms with Crippen LogP contribution >= 0.6 is 11.3 Å². The van der Waals surface area contributed by atoms with Crippen LogP contribution in [0.5, 0.6) is 0 Å². The summed E-state index contributed by atoms with van der Waals surface area (Å²) in [6.07, 6.45) is 0. The monoisotopic (exact) mass is 280 g/mol. The van der Waals surface area contributed by atoms with Crippen LogP contribution in [-0.2, 0) is 0 Å². The SMILES string of the molecule is O=C(O)c1ccc(-c2ccc(-c3cccs3)cc2)cc1. The molecule has 98 valence electrons. The molecule has 1 heterocycles. The van der Waals surface area contributed by atoms with Crippen LogP contribution in [0.2, 0.25) is 0 Å². The molecule has 0 unspecified atom stereocenters. The molecule has 2 aromatic carbocycles. The number of thiophene rings is 1. The molecule has 1 aromatic heterocycles. The lowest BCUT2D eigenvalue weighted by Gasteiger charge is -2.04. The average Bonchev–Trinajstić information content (AvgIpc) is 3.02. The van der Waals surface area contributed by atoms with Gasteiger partial charge in [-0.15, -0.1) is 11.3 Å². The summed E-state index contributed by atoms with van der Waals surface area (Å²) in [6.45, 7) is 0. The van der Waals surface area contributed by atoms with E-state index in [1.54, 1.807) is 23.5 Å². The molecule has 0 bridgehead atoms. The van der Waals surface area contributed by atoms with Gasteiger partial charge in [-0.05, 0) is 40.3 Å². The van der Waals surface area contributed by atoms with Gasteiger partial charge in [-0.1, -0.05) is 42.5 Å². The Morgan fingerprint density at radius 1 is 0.800 bits per heavy atom. The number of hydrogen-bond donors (Lipinski definition) is 1. The van der Waals surface area contributed by atoms with Crippen molar-refractivity contribution < 1.29 is 9.90 Å². The van der Waals surface area contributed by atoms with Gasteiger partial charge in [0.1, 0.15) is 0 Å². The second-order valence-electron chi connectivity index (χ2n) is 4.44. The molecule has 0 fully saturated rings. The van der Waals surface area contributed by atoms with Gasteiger partial charge in [-0.3, -0.25) is 0 Å². The lowest BCUT2D eigenvalue weighted by molar-refractivity contribution is 0.0697. The van der Waals surface area contributed by atoms with Crippen LogP contribution in [-0.4, -0.2) is 11.1 Å². The third kappa shape index (κ3) is 2.49. The summed E-state index contributed by atoms with van der Waals surface area (Å²) in [5.41, 5.74) is 3.62. The zero-order chi connectivity index (χ0) is 13.9. The minimum atomic E-state index is -0.899. The lowest BCUT2D eigenvalue weighted by atomic mass is 10.0. The third-order valence-corrected chi connectivity index (χ3v) is 4.07. The summed E-state index contributed by atoms with van der Waals surface area (Å²) in [4.78, 5) is 12.1. The average molecular weight is 280 g/mol. The molecule has 0 aliphatic heterocycles. The van der Waals surface area contributed by atoms with Gasteiger partial charge in [0.25, 0.3) is 0 Å². The highest BCUT2D eigenvalue weighted by Crippen LogP contribution is 2.27. The Kier molecular flexibility index (Phi) is 3.35. The largest absolute Gasteiger partial charge is 0.478 e. The Morgan fingerprint density at radius 2 is 1.35 bits per heavy atom. The molecule has 1 N–H and O–H groups in total. The summed E-state index contributed by atoms with van der Waals surface area (Å²) < 4.78 is 0. The van der Waals surface area contributed by atoms with Gasteiger partial charge in [0.05, 0.1) is 5.56 Å². The van der Waals surface area contributed by atoms with Crippen molar-refractivity contribution in [2.24, 2.45) is 0 Å². The molecular weight excluding hydrogens is 268 g/mol. The van der Waals surface area contributed by atoms with Crippen LogP contribution in [0.3, 0.4) is 0 Å². The van der Waals surface area contributed by atoms with Crippen molar-refractivity contribution in [1.29, 1.82) is 0 Å². The zero-order valence-electron chi connectivity index (χ0n) is 10.6. The molecule has 0 radical (unpaired) electrons. The van der Waals surface area contributed by atoms with Crippen LogP contribution in [0.25, 0.3) is 21.6 Å². The van der Waals surface area contributed by atoms with E-state index in [2.05, 4.69) is 35.7 Å². The second-order valence-corrected chi connectivity index (χ2v) is 5.38. The van der Waals surface area contributed by atoms with Crippen molar-refractivity contribution in [1.82, 2.24) is 0 Å². The van der Waals surface area contributed by atoms with E-state index in [0.29, 0.717) is 5.56 Å². The van der Waals surface area contributed by atoms with Gasteiger partial charge < -0.3 is 5.11 Å². The van der Waals surface area contributed by atoms with E-state index in [1.807, 2.05) is 18.2 Å². The standard InChI is InChI=1S/C17H12O2S/c18-17(19)15-9-5-13(6-10-15)12-3-7-14(8-4-12)16-2-1-11-20-16/h1-11H,(H,18,19). The highest BCUT2D eigenvalue weighted by atomic mass is 32.1. The quantitative estimate of drug-likeness (QED) is 0.749. The predicted octanol–water partition coefficient (Wildman–Crippen LogP) is 4.78. The molecule has 2 nitrogen and oxygen atoms in total. The van der Waals surface area contributed by atoms with Crippen molar-refractivity contribution >= 4 is 17.3 Å². The first-order valence-electron chi connectivity index (χ1n) is 6.22. The Bertz CT molecular complexity index is 711. The third-order valence-electron chi connectivity index (χ3n) is 3.16. The molecule has 20 heavy (non-hydrogen) atoms. The van der Waals surface area contributed by atoms with Gasteiger partial charge in [-0.2, -0.15) is 0 Å². The van der Waals surface area contributed by atoms with Gasteiger partial charge in [0.2, 0.25) is 0 Å². The van der Waals surface area contributed by atoms with Crippen molar-refractivity contribution in [3.05, 3.63) is 71.6 Å². The summed E-state index contributed by atoms with van der Waals surface area (Å²) in [5.74, 6) is -0.899. The summed E-state index contributed by atoms with van der Waals surface area (Å²) in [6, 6.07) is 19.4.